The van der Waals surface area contributed by atoms with Gasteiger partial charge >= 0.3 is 0 Å². The fraction of sp³-hybridized carbons (Fsp3) is 0.278. The molecule has 0 aliphatic rings. The van der Waals surface area contributed by atoms with E-state index in [4.69, 9.17) is 0 Å². The summed E-state index contributed by atoms with van der Waals surface area (Å²) in [5.74, 6) is -0.264. The molecule has 4 heteroatoms. The Morgan fingerprint density at radius 2 is 1.73 bits per heavy atom. The average molecular weight is 317 g/mol. The first-order valence-electron chi connectivity index (χ1n) is 7.25. The molecule has 0 aliphatic heterocycles. The summed E-state index contributed by atoms with van der Waals surface area (Å²) in [4.78, 5) is 12.3. The van der Waals surface area contributed by atoms with Gasteiger partial charge in [0, 0.05) is 10.9 Å². The topological polar surface area (TPSA) is 29.1 Å². The number of thioether (sulfide) groups is 1. The standard InChI is InChI=1S/C18H20FNOS/c1-12-6-4-5-7-17(12)20-18(21)14(3)22-13(2)15-8-10-16(19)11-9-15/h4-11,13-14H,1-3H3,(H,20,21). The maximum absolute atomic E-state index is 13.0. The summed E-state index contributed by atoms with van der Waals surface area (Å²) in [7, 11) is 0. The molecule has 0 radical (unpaired) electrons. The molecule has 2 rings (SSSR count). The summed E-state index contributed by atoms with van der Waals surface area (Å²) < 4.78 is 13.0. The molecule has 1 N–H and O–H groups in total. The highest BCUT2D eigenvalue weighted by Crippen LogP contribution is 2.32. The van der Waals surface area contributed by atoms with Gasteiger partial charge in [-0.05, 0) is 50.1 Å². The molecule has 0 aliphatic carbocycles. The molecule has 116 valence electrons. The van der Waals surface area contributed by atoms with E-state index >= 15 is 0 Å². The van der Waals surface area contributed by atoms with E-state index in [1.54, 1.807) is 23.9 Å². The van der Waals surface area contributed by atoms with E-state index in [9.17, 15) is 9.18 Å². The third kappa shape index (κ3) is 4.34. The monoisotopic (exact) mass is 317 g/mol. The SMILES string of the molecule is Cc1ccccc1NC(=O)C(C)SC(C)c1ccc(F)cc1. The van der Waals surface area contributed by atoms with Gasteiger partial charge in [-0.1, -0.05) is 30.3 Å². The summed E-state index contributed by atoms with van der Waals surface area (Å²) in [5, 5.41) is 2.88. The average Bonchev–Trinajstić information content (AvgIpc) is 2.50. The van der Waals surface area contributed by atoms with Gasteiger partial charge in [0.1, 0.15) is 5.82 Å². The van der Waals surface area contributed by atoms with Crippen molar-refractivity contribution in [3.05, 3.63) is 65.5 Å². The van der Waals surface area contributed by atoms with Crippen molar-refractivity contribution in [2.45, 2.75) is 31.3 Å². The third-order valence-electron chi connectivity index (χ3n) is 3.52. The predicted molar refractivity (Wildman–Crippen MR) is 91.7 cm³/mol. The number of hydrogen-bond acceptors (Lipinski definition) is 2. The second-order valence-corrected chi connectivity index (χ2v) is 6.96. The van der Waals surface area contributed by atoms with Gasteiger partial charge in [-0.15, -0.1) is 11.8 Å². The Morgan fingerprint density at radius 3 is 2.36 bits per heavy atom. The first kappa shape index (κ1) is 16.6. The van der Waals surface area contributed by atoms with Crippen molar-refractivity contribution >= 4 is 23.4 Å². The van der Waals surface area contributed by atoms with E-state index in [0.29, 0.717) is 0 Å². The minimum atomic E-state index is -0.244. The number of carbonyl (C=O) groups excluding carboxylic acids is 1. The van der Waals surface area contributed by atoms with Gasteiger partial charge in [-0.25, -0.2) is 4.39 Å². The first-order valence-corrected chi connectivity index (χ1v) is 8.19. The van der Waals surface area contributed by atoms with Crippen molar-refractivity contribution in [2.75, 3.05) is 5.32 Å². The van der Waals surface area contributed by atoms with Gasteiger partial charge in [-0.3, -0.25) is 4.79 Å². The highest BCUT2D eigenvalue weighted by molar-refractivity contribution is 8.00. The lowest BCUT2D eigenvalue weighted by Gasteiger charge is -2.18. The lowest BCUT2D eigenvalue weighted by Crippen LogP contribution is -2.23. The van der Waals surface area contributed by atoms with E-state index in [-0.39, 0.29) is 22.2 Å². The number of rotatable bonds is 5. The second kappa shape index (κ2) is 7.45. The molecule has 0 saturated carbocycles. The quantitative estimate of drug-likeness (QED) is 0.845. The zero-order valence-electron chi connectivity index (χ0n) is 13.0. The summed E-state index contributed by atoms with van der Waals surface area (Å²) in [5.41, 5.74) is 2.90. The summed E-state index contributed by atoms with van der Waals surface area (Å²) in [6, 6.07) is 14.1. The summed E-state index contributed by atoms with van der Waals surface area (Å²) in [6.07, 6.45) is 0. The molecule has 0 bridgehead atoms. The van der Waals surface area contributed by atoms with E-state index in [2.05, 4.69) is 5.32 Å². The van der Waals surface area contributed by atoms with Crippen LogP contribution in [0.2, 0.25) is 0 Å². The lowest BCUT2D eigenvalue weighted by atomic mass is 10.2. The molecule has 2 aromatic rings. The zero-order chi connectivity index (χ0) is 16.1. The minimum Gasteiger partial charge on any atom is -0.325 e. The Morgan fingerprint density at radius 1 is 1.09 bits per heavy atom. The smallest absolute Gasteiger partial charge is 0.237 e. The van der Waals surface area contributed by atoms with E-state index in [1.807, 2.05) is 45.0 Å². The molecule has 0 heterocycles. The van der Waals surface area contributed by atoms with Gasteiger partial charge in [0.25, 0.3) is 0 Å². The lowest BCUT2D eigenvalue weighted by molar-refractivity contribution is -0.115. The van der Waals surface area contributed by atoms with Crippen LogP contribution < -0.4 is 5.32 Å². The van der Waals surface area contributed by atoms with Crippen LogP contribution in [0.3, 0.4) is 0 Å². The van der Waals surface area contributed by atoms with Crippen molar-refractivity contribution < 1.29 is 9.18 Å². The fourth-order valence-electron chi connectivity index (χ4n) is 2.13. The minimum absolute atomic E-state index is 0.0201. The van der Waals surface area contributed by atoms with E-state index in [1.165, 1.54) is 12.1 Å². The molecule has 2 nitrogen and oxygen atoms in total. The number of aryl methyl sites for hydroxylation is 1. The van der Waals surface area contributed by atoms with Crippen LogP contribution in [0, 0.1) is 12.7 Å². The Labute approximate surface area is 135 Å². The van der Waals surface area contributed by atoms with Crippen molar-refractivity contribution in [3.63, 3.8) is 0 Å². The maximum Gasteiger partial charge on any atom is 0.237 e. The van der Waals surface area contributed by atoms with Crippen LogP contribution in [0.25, 0.3) is 0 Å². The third-order valence-corrected chi connectivity index (χ3v) is 4.82. The van der Waals surface area contributed by atoms with Crippen molar-refractivity contribution in [3.8, 4) is 0 Å². The fourth-order valence-corrected chi connectivity index (χ4v) is 3.24. The van der Waals surface area contributed by atoms with Crippen LogP contribution in [0.1, 0.15) is 30.2 Å². The Bertz CT molecular complexity index is 642. The summed E-state index contributed by atoms with van der Waals surface area (Å²) in [6.45, 7) is 5.88. The number of hydrogen-bond donors (Lipinski definition) is 1. The van der Waals surface area contributed by atoms with Crippen LogP contribution in [0.4, 0.5) is 10.1 Å². The maximum atomic E-state index is 13.0. The van der Waals surface area contributed by atoms with Crippen LogP contribution in [-0.2, 0) is 4.79 Å². The number of amides is 1. The van der Waals surface area contributed by atoms with Gasteiger partial charge in [-0.2, -0.15) is 0 Å². The first-order chi connectivity index (χ1) is 10.5. The zero-order valence-corrected chi connectivity index (χ0v) is 13.8. The molecule has 2 aromatic carbocycles. The highest BCUT2D eigenvalue weighted by Gasteiger charge is 2.18. The molecule has 0 fully saturated rings. The number of benzene rings is 2. The normalized spacial score (nSPS) is 13.5. The Kier molecular flexibility index (Phi) is 5.61. The van der Waals surface area contributed by atoms with Crippen molar-refractivity contribution in [1.82, 2.24) is 0 Å². The van der Waals surface area contributed by atoms with E-state index in [0.717, 1.165) is 16.8 Å². The molecule has 2 unspecified atom stereocenters. The van der Waals surface area contributed by atoms with E-state index < -0.39 is 0 Å². The van der Waals surface area contributed by atoms with Gasteiger partial charge in [0.2, 0.25) is 5.91 Å². The number of para-hydroxylation sites is 1. The van der Waals surface area contributed by atoms with Crippen molar-refractivity contribution in [1.29, 1.82) is 0 Å². The van der Waals surface area contributed by atoms with Crippen molar-refractivity contribution in [2.24, 2.45) is 0 Å². The van der Waals surface area contributed by atoms with Gasteiger partial charge in [0.05, 0.1) is 5.25 Å². The largest absolute Gasteiger partial charge is 0.325 e. The number of anilines is 1. The Hall–Kier alpha value is -1.81. The van der Waals surface area contributed by atoms with Crippen LogP contribution in [0.15, 0.2) is 48.5 Å². The number of carbonyl (C=O) groups is 1. The number of nitrogens with one attached hydrogen (secondary N) is 1. The Balaban J connectivity index is 1.96. The highest BCUT2D eigenvalue weighted by atomic mass is 32.2. The second-order valence-electron chi connectivity index (χ2n) is 5.28. The molecule has 0 saturated heterocycles. The predicted octanol–water partition coefficient (Wildman–Crippen LogP) is 4.96. The molecule has 0 spiro atoms. The molecule has 1 amide bonds. The molecule has 22 heavy (non-hydrogen) atoms. The molecule has 2 atom stereocenters. The van der Waals surface area contributed by atoms with Gasteiger partial charge in [0.15, 0.2) is 0 Å². The van der Waals surface area contributed by atoms with Gasteiger partial charge < -0.3 is 5.32 Å². The summed E-state index contributed by atoms with van der Waals surface area (Å²) >= 11 is 1.56. The van der Waals surface area contributed by atoms with Crippen LogP contribution >= 0.6 is 11.8 Å². The molecule has 0 aromatic heterocycles. The molecular weight excluding hydrogens is 297 g/mol. The molecular formula is C18H20FNOS. The van der Waals surface area contributed by atoms with Crippen LogP contribution in [-0.4, -0.2) is 11.2 Å². The van der Waals surface area contributed by atoms with Crippen LogP contribution in [0.5, 0.6) is 0 Å². The number of halogens is 1.